The van der Waals surface area contributed by atoms with Gasteiger partial charge in [-0.05, 0) is 18.8 Å². The predicted molar refractivity (Wildman–Crippen MR) is 79.3 cm³/mol. The smallest absolute Gasteiger partial charge is 0.305 e. The van der Waals surface area contributed by atoms with Gasteiger partial charge in [-0.3, -0.25) is 4.79 Å². The first-order valence-corrected chi connectivity index (χ1v) is 6.90. The summed E-state index contributed by atoms with van der Waals surface area (Å²) in [5.74, 6) is 0.394. The molecular formula is C14H21N5O2. The number of aliphatic carboxylic acids is 1. The highest BCUT2D eigenvalue weighted by atomic mass is 16.4. The highest BCUT2D eigenvalue weighted by Crippen LogP contribution is 2.24. The number of hydrogen-bond donors (Lipinski definition) is 2. The number of carboxylic acid groups (broad SMARTS) is 1. The second-order valence-corrected chi connectivity index (χ2v) is 6.46. The summed E-state index contributed by atoms with van der Waals surface area (Å²) < 4.78 is 1.59. The van der Waals surface area contributed by atoms with Crippen molar-refractivity contribution in [3.8, 4) is 0 Å². The van der Waals surface area contributed by atoms with E-state index in [-0.39, 0.29) is 17.9 Å². The summed E-state index contributed by atoms with van der Waals surface area (Å²) in [6.45, 7) is 8.14. The number of nitrogens with one attached hydrogen (secondary N) is 1. The molecule has 0 aliphatic rings. The highest BCUT2D eigenvalue weighted by molar-refractivity contribution is 5.68. The predicted octanol–water partition coefficient (Wildman–Crippen LogP) is 2.12. The Morgan fingerprint density at radius 2 is 2.19 bits per heavy atom. The van der Waals surface area contributed by atoms with E-state index < -0.39 is 5.97 Å². The Morgan fingerprint density at radius 3 is 2.81 bits per heavy atom. The molecule has 0 spiro atoms. The summed E-state index contributed by atoms with van der Waals surface area (Å²) in [4.78, 5) is 19.4. The van der Waals surface area contributed by atoms with Crippen LogP contribution in [0.3, 0.4) is 0 Å². The number of fused-ring (bicyclic) bond motifs is 1. The Hall–Kier alpha value is -2.18. The van der Waals surface area contributed by atoms with Gasteiger partial charge in [0.1, 0.15) is 12.1 Å². The molecule has 7 nitrogen and oxygen atoms in total. The zero-order chi connectivity index (χ0) is 15.6. The molecule has 114 valence electrons. The average Bonchev–Trinajstić information content (AvgIpc) is 2.73. The second kappa shape index (κ2) is 5.67. The van der Waals surface area contributed by atoms with Gasteiger partial charge >= 0.3 is 5.97 Å². The van der Waals surface area contributed by atoms with Crippen molar-refractivity contribution in [1.82, 2.24) is 19.6 Å². The van der Waals surface area contributed by atoms with E-state index >= 15 is 0 Å². The molecule has 2 aromatic heterocycles. The minimum Gasteiger partial charge on any atom is -0.481 e. The number of hydrogen-bond acceptors (Lipinski definition) is 5. The van der Waals surface area contributed by atoms with Gasteiger partial charge in [-0.1, -0.05) is 20.8 Å². The summed E-state index contributed by atoms with van der Waals surface area (Å²) in [6, 6.07) is 1.66. The molecule has 2 aromatic rings. The number of carbonyl (C=O) groups is 1. The molecule has 0 amide bonds. The van der Waals surface area contributed by atoms with Crippen molar-refractivity contribution in [3.05, 3.63) is 18.1 Å². The fourth-order valence-corrected chi connectivity index (χ4v) is 2.37. The zero-order valence-corrected chi connectivity index (χ0v) is 12.8. The lowest BCUT2D eigenvalue weighted by Crippen LogP contribution is -2.29. The molecule has 0 aromatic carbocycles. The van der Waals surface area contributed by atoms with Crippen molar-refractivity contribution in [2.24, 2.45) is 5.41 Å². The van der Waals surface area contributed by atoms with E-state index in [2.05, 4.69) is 41.2 Å². The van der Waals surface area contributed by atoms with Crippen LogP contribution >= 0.6 is 0 Å². The lowest BCUT2D eigenvalue weighted by Gasteiger charge is -2.26. The van der Waals surface area contributed by atoms with Gasteiger partial charge < -0.3 is 10.4 Å². The Bertz CT molecular complexity index is 644. The number of nitrogens with zero attached hydrogens (tertiary/aromatic N) is 4. The maximum absolute atomic E-state index is 11.1. The molecule has 0 bridgehead atoms. The molecule has 0 saturated heterocycles. The van der Waals surface area contributed by atoms with Gasteiger partial charge in [-0.25, -0.2) is 4.98 Å². The van der Waals surface area contributed by atoms with Crippen LogP contribution in [-0.4, -0.2) is 36.7 Å². The number of aromatic nitrogens is 4. The fourth-order valence-electron chi connectivity index (χ4n) is 2.37. The quantitative estimate of drug-likeness (QED) is 0.876. The zero-order valence-electron chi connectivity index (χ0n) is 12.8. The Labute approximate surface area is 123 Å². The van der Waals surface area contributed by atoms with E-state index in [4.69, 9.17) is 5.11 Å². The van der Waals surface area contributed by atoms with Crippen molar-refractivity contribution >= 4 is 17.6 Å². The molecule has 0 aliphatic carbocycles. The molecule has 2 N–H and O–H groups in total. The SMILES string of the molecule is Cc1cc(NC(CC(=O)O)CC(C)(C)C)n2ncnc2n1. The van der Waals surface area contributed by atoms with Crippen molar-refractivity contribution in [2.75, 3.05) is 5.32 Å². The summed E-state index contributed by atoms with van der Waals surface area (Å²) in [7, 11) is 0. The van der Waals surface area contributed by atoms with E-state index in [0.717, 1.165) is 12.1 Å². The molecule has 0 aliphatic heterocycles. The summed E-state index contributed by atoms with van der Waals surface area (Å²) in [5.41, 5.74) is 0.833. The van der Waals surface area contributed by atoms with E-state index in [1.54, 1.807) is 4.52 Å². The minimum atomic E-state index is -0.822. The standard InChI is InChI=1S/C14H21N5O2/c1-9-5-11(19-13(17-9)15-8-16-19)18-10(6-12(20)21)7-14(2,3)4/h5,8,10,18H,6-7H2,1-4H3,(H,20,21). The maximum Gasteiger partial charge on any atom is 0.305 e. The average molecular weight is 291 g/mol. The lowest BCUT2D eigenvalue weighted by molar-refractivity contribution is -0.137. The van der Waals surface area contributed by atoms with E-state index in [0.29, 0.717) is 11.6 Å². The van der Waals surface area contributed by atoms with Gasteiger partial charge in [0.25, 0.3) is 5.78 Å². The van der Waals surface area contributed by atoms with Crippen LogP contribution < -0.4 is 5.32 Å². The lowest BCUT2D eigenvalue weighted by atomic mass is 9.87. The number of anilines is 1. The molecule has 1 atom stereocenters. The van der Waals surface area contributed by atoms with Crippen LogP contribution in [0.5, 0.6) is 0 Å². The Balaban J connectivity index is 2.29. The molecule has 2 heterocycles. The van der Waals surface area contributed by atoms with Crippen molar-refractivity contribution < 1.29 is 9.90 Å². The third kappa shape index (κ3) is 4.14. The monoisotopic (exact) mass is 291 g/mol. The van der Waals surface area contributed by atoms with Gasteiger partial charge in [-0.15, -0.1) is 0 Å². The normalized spacial score (nSPS) is 13.3. The molecule has 21 heavy (non-hydrogen) atoms. The first-order chi connectivity index (χ1) is 9.74. The molecular weight excluding hydrogens is 270 g/mol. The minimum absolute atomic E-state index is 0.0245. The van der Waals surface area contributed by atoms with Gasteiger partial charge in [0, 0.05) is 17.8 Å². The van der Waals surface area contributed by atoms with E-state index in [1.807, 2.05) is 13.0 Å². The molecule has 7 heteroatoms. The van der Waals surface area contributed by atoms with Crippen LogP contribution in [0.4, 0.5) is 5.82 Å². The maximum atomic E-state index is 11.1. The Kier molecular flexibility index (Phi) is 4.11. The third-order valence-corrected chi connectivity index (χ3v) is 3.01. The molecule has 2 rings (SSSR count). The van der Waals surface area contributed by atoms with E-state index in [1.165, 1.54) is 6.33 Å². The molecule has 0 saturated carbocycles. The first-order valence-electron chi connectivity index (χ1n) is 6.90. The van der Waals surface area contributed by atoms with Crippen LogP contribution in [-0.2, 0) is 4.79 Å². The fraction of sp³-hybridized carbons (Fsp3) is 0.571. The van der Waals surface area contributed by atoms with Crippen molar-refractivity contribution in [1.29, 1.82) is 0 Å². The van der Waals surface area contributed by atoms with Crippen LogP contribution in [0.2, 0.25) is 0 Å². The summed E-state index contributed by atoms with van der Waals surface area (Å²) >= 11 is 0. The molecule has 0 radical (unpaired) electrons. The number of aryl methyl sites for hydroxylation is 1. The molecule has 0 fully saturated rings. The van der Waals surface area contributed by atoms with Gasteiger partial charge in [0.2, 0.25) is 0 Å². The van der Waals surface area contributed by atoms with Crippen LogP contribution in [0.15, 0.2) is 12.4 Å². The second-order valence-electron chi connectivity index (χ2n) is 6.46. The van der Waals surface area contributed by atoms with Gasteiger partial charge in [-0.2, -0.15) is 14.6 Å². The Morgan fingerprint density at radius 1 is 1.48 bits per heavy atom. The highest BCUT2D eigenvalue weighted by Gasteiger charge is 2.22. The van der Waals surface area contributed by atoms with Crippen molar-refractivity contribution in [2.45, 2.75) is 46.6 Å². The number of rotatable bonds is 5. The third-order valence-electron chi connectivity index (χ3n) is 3.01. The van der Waals surface area contributed by atoms with Gasteiger partial charge in [0.15, 0.2) is 0 Å². The topological polar surface area (TPSA) is 92.4 Å². The molecule has 1 unspecified atom stereocenters. The van der Waals surface area contributed by atoms with Crippen LogP contribution in [0.1, 0.15) is 39.3 Å². The van der Waals surface area contributed by atoms with Crippen LogP contribution in [0, 0.1) is 12.3 Å². The van der Waals surface area contributed by atoms with Crippen LogP contribution in [0.25, 0.3) is 5.78 Å². The summed E-state index contributed by atoms with van der Waals surface area (Å²) in [6.07, 6.45) is 2.22. The van der Waals surface area contributed by atoms with Gasteiger partial charge in [0.05, 0.1) is 6.42 Å². The first kappa shape index (κ1) is 15.2. The summed E-state index contributed by atoms with van der Waals surface area (Å²) in [5, 5.41) is 16.5. The van der Waals surface area contributed by atoms with Crippen molar-refractivity contribution in [3.63, 3.8) is 0 Å². The van der Waals surface area contributed by atoms with E-state index in [9.17, 15) is 4.79 Å². The largest absolute Gasteiger partial charge is 0.481 e. The number of carboxylic acids is 1.